The zero-order valence-corrected chi connectivity index (χ0v) is 20.2. The average molecular weight is 522 g/mol. The van der Waals surface area contributed by atoms with Gasteiger partial charge in [0.2, 0.25) is 5.95 Å². The van der Waals surface area contributed by atoms with E-state index in [-0.39, 0.29) is 5.69 Å². The number of nitro benzene ring substituents is 1. The Balaban J connectivity index is 1.64. The summed E-state index contributed by atoms with van der Waals surface area (Å²) in [5.41, 5.74) is 2.24. The molecule has 1 unspecified atom stereocenters. The molecule has 2 N–H and O–H groups in total. The van der Waals surface area contributed by atoms with Crippen LogP contribution in [0.5, 0.6) is 0 Å². The van der Waals surface area contributed by atoms with Crippen LogP contribution in [0.4, 0.5) is 17.3 Å². The van der Waals surface area contributed by atoms with Gasteiger partial charge in [-0.3, -0.25) is 19.9 Å². The van der Waals surface area contributed by atoms with Crippen molar-refractivity contribution >= 4 is 46.4 Å². The Labute approximate surface area is 214 Å². The number of carbonyl (C=O) groups excluding carboxylic acids is 1. The maximum atomic E-state index is 13.5. The molecule has 36 heavy (non-hydrogen) atoms. The Morgan fingerprint density at radius 1 is 1.17 bits per heavy atom. The van der Waals surface area contributed by atoms with Gasteiger partial charge in [-0.05, 0) is 42.8 Å². The molecule has 1 aliphatic heterocycles. The highest BCUT2D eigenvalue weighted by molar-refractivity contribution is 6.36. The van der Waals surface area contributed by atoms with E-state index in [2.05, 4.69) is 25.7 Å². The van der Waals surface area contributed by atoms with Crippen LogP contribution in [0, 0.1) is 10.1 Å². The van der Waals surface area contributed by atoms with Gasteiger partial charge in [-0.25, -0.2) is 4.68 Å². The van der Waals surface area contributed by atoms with Gasteiger partial charge >= 0.3 is 0 Å². The monoisotopic (exact) mass is 521 g/mol. The van der Waals surface area contributed by atoms with Gasteiger partial charge < -0.3 is 10.6 Å². The number of amides is 1. The van der Waals surface area contributed by atoms with E-state index >= 15 is 0 Å². The fraction of sp³-hybridized carbons (Fsp3) is 0.0833. The molecule has 0 spiro atoms. The van der Waals surface area contributed by atoms with E-state index in [1.165, 1.54) is 23.0 Å². The van der Waals surface area contributed by atoms with Crippen LogP contribution in [-0.4, -0.2) is 30.6 Å². The molecule has 0 aliphatic carbocycles. The smallest absolute Gasteiger partial charge is 0.269 e. The highest BCUT2D eigenvalue weighted by atomic mass is 35.5. The van der Waals surface area contributed by atoms with Crippen LogP contribution < -0.4 is 10.6 Å². The van der Waals surface area contributed by atoms with Crippen LogP contribution in [0.3, 0.4) is 0 Å². The second-order valence-electron chi connectivity index (χ2n) is 7.94. The summed E-state index contributed by atoms with van der Waals surface area (Å²) in [6.45, 7) is 1.73. The van der Waals surface area contributed by atoms with Crippen molar-refractivity contribution in [3.63, 3.8) is 0 Å². The van der Waals surface area contributed by atoms with E-state index in [1.54, 1.807) is 55.6 Å². The summed E-state index contributed by atoms with van der Waals surface area (Å²) in [7, 11) is 0. The molecule has 0 saturated carbocycles. The summed E-state index contributed by atoms with van der Waals surface area (Å²) in [6, 6.07) is 13.6. The van der Waals surface area contributed by atoms with E-state index in [0.717, 1.165) is 0 Å². The molecule has 1 amide bonds. The molecule has 10 nitrogen and oxygen atoms in total. The van der Waals surface area contributed by atoms with Crippen molar-refractivity contribution in [3.8, 4) is 11.4 Å². The number of nitrogens with one attached hydrogen (secondary N) is 2. The standard InChI is InChI=1S/C24H17Cl2N7O3/c1-13-20(23(34)29-16-5-3-9-27-12-16)21(14-4-2-6-17(10-14)33(35)36)32-24(28-13)30-22(31-32)18-8-7-15(25)11-19(18)26/h2-12,21H,1H3,(H,29,34)(H,28,30,31). The van der Waals surface area contributed by atoms with Crippen LogP contribution in [0.25, 0.3) is 11.4 Å². The molecular formula is C24H17Cl2N7O3. The van der Waals surface area contributed by atoms with E-state index in [1.807, 2.05) is 0 Å². The molecule has 5 rings (SSSR count). The number of halogens is 2. The number of hydrogen-bond acceptors (Lipinski definition) is 7. The van der Waals surface area contributed by atoms with Gasteiger partial charge in [-0.2, -0.15) is 4.98 Å². The highest BCUT2D eigenvalue weighted by Gasteiger charge is 2.35. The molecule has 0 saturated heterocycles. The summed E-state index contributed by atoms with van der Waals surface area (Å²) in [4.78, 5) is 33.1. The minimum atomic E-state index is -0.815. The Morgan fingerprint density at radius 3 is 2.72 bits per heavy atom. The number of rotatable bonds is 5. The van der Waals surface area contributed by atoms with Crippen LogP contribution in [0.15, 0.2) is 78.3 Å². The number of benzene rings is 2. The van der Waals surface area contributed by atoms with E-state index < -0.39 is 16.9 Å². The van der Waals surface area contributed by atoms with Crippen molar-refractivity contribution in [2.75, 3.05) is 10.6 Å². The number of pyridine rings is 1. The number of non-ortho nitro benzene ring substituents is 1. The SMILES string of the molecule is CC1=C(C(=O)Nc2cccnc2)C(c2cccc([N+](=O)[O-])c2)n2nc(-c3ccc(Cl)cc3Cl)nc2N1. The van der Waals surface area contributed by atoms with Gasteiger partial charge in [0.15, 0.2) is 5.82 Å². The highest BCUT2D eigenvalue weighted by Crippen LogP contribution is 2.38. The number of carbonyl (C=O) groups is 1. The van der Waals surface area contributed by atoms with Gasteiger partial charge in [0.05, 0.1) is 27.4 Å². The molecule has 3 heterocycles. The molecule has 1 aliphatic rings. The fourth-order valence-corrected chi connectivity index (χ4v) is 4.47. The topological polar surface area (TPSA) is 128 Å². The Kier molecular flexibility index (Phi) is 6.13. The fourth-order valence-electron chi connectivity index (χ4n) is 3.98. The average Bonchev–Trinajstić information content (AvgIpc) is 3.26. The van der Waals surface area contributed by atoms with Gasteiger partial charge in [-0.15, -0.1) is 5.10 Å². The lowest BCUT2D eigenvalue weighted by molar-refractivity contribution is -0.384. The lowest BCUT2D eigenvalue weighted by atomic mass is 9.94. The Morgan fingerprint density at radius 2 is 2.00 bits per heavy atom. The third kappa shape index (κ3) is 4.39. The molecule has 2 aromatic heterocycles. The maximum Gasteiger partial charge on any atom is 0.269 e. The zero-order chi connectivity index (χ0) is 25.4. The Hall–Kier alpha value is -4.28. The number of nitro groups is 1. The molecule has 180 valence electrons. The maximum absolute atomic E-state index is 13.5. The summed E-state index contributed by atoms with van der Waals surface area (Å²) in [5, 5.41) is 22.9. The number of allylic oxidation sites excluding steroid dienone is 1. The second kappa shape index (κ2) is 9.40. The van der Waals surface area contributed by atoms with Crippen LogP contribution in [-0.2, 0) is 4.79 Å². The van der Waals surface area contributed by atoms with E-state index in [0.29, 0.717) is 49.9 Å². The van der Waals surface area contributed by atoms with Gasteiger partial charge in [0.1, 0.15) is 6.04 Å². The largest absolute Gasteiger partial charge is 0.328 e. The van der Waals surface area contributed by atoms with Crippen molar-refractivity contribution in [1.82, 2.24) is 19.7 Å². The summed E-state index contributed by atoms with van der Waals surface area (Å²) in [5.74, 6) is 0.232. The minimum Gasteiger partial charge on any atom is -0.328 e. The van der Waals surface area contributed by atoms with Gasteiger partial charge in [0, 0.05) is 34.6 Å². The number of fused-ring (bicyclic) bond motifs is 1. The van der Waals surface area contributed by atoms with Gasteiger partial charge in [0.25, 0.3) is 11.6 Å². The zero-order valence-electron chi connectivity index (χ0n) is 18.6. The minimum absolute atomic E-state index is 0.113. The van der Waals surface area contributed by atoms with E-state index in [9.17, 15) is 14.9 Å². The van der Waals surface area contributed by atoms with Crippen molar-refractivity contribution in [1.29, 1.82) is 0 Å². The third-order valence-electron chi connectivity index (χ3n) is 5.59. The Bertz CT molecular complexity index is 1540. The lowest BCUT2D eigenvalue weighted by Gasteiger charge is -2.28. The number of anilines is 2. The van der Waals surface area contributed by atoms with Crippen molar-refractivity contribution < 1.29 is 9.72 Å². The third-order valence-corrected chi connectivity index (χ3v) is 6.13. The molecule has 0 radical (unpaired) electrons. The predicted molar refractivity (Wildman–Crippen MR) is 136 cm³/mol. The summed E-state index contributed by atoms with van der Waals surface area (Å²) in [6.07, 6.45) is 3.12. The van der Waals surface area contributed by atoms with Crippen LogP contribution in [0.1, 0.15) is 18.5 Å². The molecular weight excluding hydrogens is 505 g/mol. The lowest BCUT2D eigenvalue weighted by Crippen LogP contribution is -2.31. The van der Waals surface area contributed by atoms with Crippen LogP contribution >= 0.6 is 23.2 Å². The molecule has 0 bridgehead atoms. The number of nitrogens with zero attached hydrogens (tertiary/aromatic N) is 5. The first-order chi connectivity index (χ1) is 17.3. The number of hydrogen-bond donors (Lipinski definition) is 2. The first-order valence-corrected chi connectivity index (χ1v) is 11.4. The van der Waals surface area contributed by atoms with E-state index in [4.69, 9.17) is 23.2 Å². The van der Waals surface area contributed by atoms with Crippen molar-refractivity contribution in [2.24, 2.45) is 0 Å². The summed E-state index contributed by atoms with van der Waals surface area (Å²) >= 11 is 12.4. The van der Waals surface area contributed by atoms with Crippen molar-refractivity contribution in [3.05, 3.63) is 104 Å². The first kappa shape index (κ1) is 23.5. The second-order valence-corrected chi connectivity index (χ2v) is 8.79. The first-order valence-electron chi connectivity index (χ1n) is 10.7. The molecule has 4 aromatic rings. The molecule has 2 aromatic carbocycles. The quantitative estimate of drug-likeness (QED) is 0.262. The molecule has 0 fully saturated rings. The van der Waals surface area contributed by atoms with Gasteiger partial charge in [-0.1, -0.05) is 35.3 Å². The summed E-state index contributed by atoms with van der Waals surface area (Å²) < 4.78 is 1.52. The van der Waals surface area contributed by atoms with Crippen molar-refractivity contribution in [2.45, 2.75) is 13.0 Å². The molecule has 1 atom stereocenters. The van der Waals surface area contributed by atoms with Crippen LogP contribution in [0.2, 0.25) is 10.0 Å². The molecule has 12 heteroatoms. The predicted octanol–water partition coefficient (Wildman–Crippen LogP) is 5.48. The number of aromatic nitrogens is 4. The normalized spacial score (nSPS) is 14.7.